The average Bonchev–Trinajstić information content (AvgIpc) is 2.66. The Morgan fingerprint density at radius 2 is 1.85 bits per heavy atom. The summed E-state index contributed by atoms with van der Waals surface area (Å²) in [4.78, 5) is 17.4. The number of nitrogens with zero attached hydrogens (tertiary/aromatic N) is 2. The van der Waals surface area contributed by atoms with Crippen LogP contribution in [0.15, 0.2) is 54.6 Å². The van der Waals surface area contributed by atoms with Gasteiger partial charge in [-0.25, -0.2) is 0 Å². The molecular weight excluding hydrogens is 336 g/mol. The summed E-state index contributed by atoms with van der Waals surface area (Å²) in [5.41, 5.74) is 2.36. The molecule has 0 bridgehead atoms. The number of aryl methyl sites for hydroxylation is 1. The van der Waals surface area contributed by atoms with Gasteiger partial charge in [-0.1, -0.05) is 30.3 Å². The molecule has 0 unspecified atom stereocenters. The zero-order valence-electron chi connectivity index (χ0n) is 16.6. The van der Waals surface area contributed by atoms with Gasteiger partial charge in [0.1, 0.15) is 0 Å². The molecule has 1 N–H and O–H groups in total. The number of carbonyl (C=O) groups is 1. The third-order valence-corrected chi connectivity index (χ3v) is 5.21. The third kappa shape index (κ3) is 5.10. The summed E-state index contributed by atoms with van der Waals surface area (Å²) in [6, 6.07) is 18.4. The Morgan fingerprint density at radius 3 is 2.52 bits per heavy atom. The quantitative estimate of drug-likeness (QED) is 0.877. The highest BCUT2D eigenvalue weighted by molar-refractivity contribution is 5.94. The molecule has 2 aromatic rings. The molecule has 4 nitrogen and oxygen atoms in total. The molecule has 27 heavy (non-hydrogen) atoms. The topological polar surface area (TPSA) is 43.8 Å². The van der Waals surface area contributed by atoms with Gasteiger partial charge in [-0.05, 0) is 63.4 Å². The van der Waals surface area contributed by atoms with E-state index < -0.39 is 5.60 Å². The van der Waals surface area contributed by atoms with Gasteiger partial charge < -0.3 is 14.9 Å². The molecule has 1 aliphatic heterocycles. The fourth-order valence-electron chi connectivity index (χ4n) is 3.61. The first kappa shape index (κ1) is 19.4. The van der Waals surface area contributed by atoms with Crippen LogP contribution >= 0.6 is 0 Å². The van der Waals surface area contributed by atoms with Crippen molar-refractivity contribution in [1.82, 2.24) is 4.90 Å². The predicted octanol–water partition coefficient (Wildman–Crippen LogP) is 3.74. The summed E-state index contributed by atoms with van der Waals surface area (Å²) in [6.45, 7) is 8.16. The number of piperazine rings is 1. The number of amides is 1. The molecule has 1 amide bonds. The van der Waals surface area contributed by atoms with Crippen molar-refractivity contribution in [3.05, 3.63) is 65.7 Å². The zero-order chi connectivity index (χ0) is 19.4. The molecular formula is C23H30N2O2. The van der Waals surface area contributed by atoms with Gasteiger partial charge in [0.25, 0.3) is 5.91 Å². The Labute approximate surface area is 162 Å². The number of rotatable bonds is 5. The second-order valence-corrected chi connectivity index (χ2v) is 8.14. The van der Waals surface area contributed by atoms with Crippen molar-refractivity contribution in [3.63, 3.8) is 0 Å². The van der Waals surface area contributed by atoms with Gasteiger partial charge in [0.15, 0.2) is 0 Å². The van der Waals surface area contributed by atoms with E-state index >= 15 is 0 Å². The fourth-order valence-corrected chi connectivity index (χ4v) is 3.61. The second-order valence-electron chi connectivity index (χ2n) is 8.14. The van der Waals surface area contributed by atoms with Gasteiger partial charge in [-0.2, -0.15) is 0 Å². The molecule has 0 saturated carbocycles. The Bertz CT molecular complexity index is 767. The normalized spacial score (nSPS) is 17.9. The predicted molar refractivity (Wildman–Crippen MR) is 110 cm³/mol. The second kappa shape index (κ2) is 8.13. The summed E-state index contributed by atoms with van der Waals surface area (Å²) in [5, 5.41) is 9.94. The van der Waals surface area contributed by atoms with Crippen molar-refractivity contribution in [2.45, 2.75) is 45.3 Å². The maximum Gasteiger partial charge on any atom is 0.254 e. The van der Waals surface area contributed by atoms with Crippen LogP contribution < -0.4 is 4.90 Å². The number of para-hydroxylation sites is 1. The number of hydrogen-bond acceptors (Lipinski definition) is 3. The van der Waals surface area contributed by atoms with E-state index in [0.29, 0.717) is 6.42 Å². The minimum atomic E-state index is -0.692. The molecule has 0 spiro atoms. The van der Waals surface area contributed by atoms with Gasteiger partial charge >= 0.3 is 0 Å². The first-order valence-corrected chi connectivity index (χ1v) is 9.76. The largest absolute Gasteiger partial charge is 0.390 e. The van der Waals surface area contributed by atoms with Crippen molar-refractivity contribution in [3.8, 4) is 0 Å². The van der Waals surface area contributed by atoms with Gasteiger partial charge in [-0.3, -0.25) is 4.79 Å². The average molecular weight is 367 g/mol. The maximum absolute atomic E-state index is 13.1. The molecule has 1 saturated heterocycles. The van der Waals surface area contributed by atoms with E-state index in [1.54, 1.807) is 0 Å². The van der Waals surface area contributed by atoms with Crippen LogP contribution in [0.2, 0.25) is 0 Å². The van der Waals surface area contributed by atoms with Crippen LogP contribution in [0.25, 0.3) is 0 Å². The van der Waals surface area contributed by atoms with Crippen LogP contribution in [0, 0.1) is 0 Å². The van der Waals surface area contributed by atoms with E-state index in [2.05, 4.69) is 36.1 Å². The number of anilines is 1. The van der Waals surface area contributed by atoms with Crippen molar-refractivity contribution in [1.29, 1.82) is 0 Å². The van der Waals surface area contributed by atoms with Crippen molar-refractivity contribution >= 4 is 11.6 Å². The molecule has 0 aromatic heterocycles. The molecule has 1 heterocycles. The van der Waals surface area contributed by atoms with Crippen molar-refractivity contribution in [2.24, 2.45) is 0 Å². The fraction of sp³-hybridized carbons (Fsp3) is 0.435. The smallest absolute Gasteiger partial charge is 0.254 e. The summed E-state index contributed by atoms with van der Waals surface area (Å²) >= 11 is 0. The first-order chi connectivity index (χ1) is 12.8. The lowest BCUT2D eigenvalue weighted by Crippen LogP contribution is -2.54. The molecule has 1 atom stereocenters. The highest BCUT2D eigenvalue weighted by atomic mass is 16.3. The van der Waals surface area contributed by atoms with Gasteiger partial charge in [-0.15, -0.1) is 0 Å². The number of carbonyl (C=O) groups excluding carboxylic acids is 1. The van der Waals surface area contributed by atoms with Crippen LogP contribution in [-0.2, 0) is 6.42 Å². The monoisotopic (exact) mass is 366 g/mol. The standard InChI is InChI=1S/C23H30N2O2/c1-18-17-24(21-10-5-4-6-11-21)14-15-25(18)22(26)20-9-7-8-19(16-20)12-13-23(2,3)27/h4-11,16,18,27H,12-15,17H2,1-3H3/t18-/m0/s1. The Hall–Kier alpha value is -2.33. The van der Waals surface area contributed by atoms with Crippen LogP contribution in [0.1, 0.15) is 43.1 Å². The van der Waals surface area contributed by atoms with E-state index in [-0.39, 0.29) is 11.9 Å². The van der Waals surface area contributed by atoms with E-state index in [0.717, 1.165) is 37.2 Å². The first-order valence-electron chi connectivity index (χ1n) is 9.76. The van der Waals surface area contributed by atoms with Gasteiger partial charge in [0, 0.05) is 36.9 Å². The van der Waals surface area contributed by atoms with Crippen LogP contribution in [0.5, 0.6) is 0 Å². The molecule has 1 fully saturated rings. The Morgan fingerprint density at radius 1 is 1.11 bits per heavy atom. The van der Waals surface area contributed by atoms with E-state index in [1.165, 1.54) is 5.69 Å². The van der Waals surface area contributed by atoms with Crippen molar-refractivity contribution in [2.75, 3.05) is 24.5 Å². The van der Waals surface area contributed by atoms with Crippen LogP contribution in [-0.4, -0.2) is 47.2 Å². The summed E-state index contributed by atoms with van der Waals surface area (Å²) in [6.07, 6.45) is 1.44. The minimum Gasteiger partial charge on any atom is -0.390 e. The van der Waals surface area contributed by atoms with E-state index in [4.69, 9.17) is 0 Å². The third-order valence-electron chi connectivity index (χ3n) is 5.21. The molecule has 2 aromatic carbocycles. The number of hydrogen-bond donors (Lipinski definition) is 1. The summed E-state index contributed by atoms with van der Waals surface area (Å²) in [5.74, 6) is 0.0975. The van der Waals surface area contributed by atoms with Crippen molar-refractivity contribution < 1.29 is 9.90 Å². The number of benzene rings is 2. The SMILES string of the molecule is C[C@H]1CN(c2ccccc2)CCN1C(=O)c1cccc(CCC(C)(C)O)c1. The highest BCUT2D eigenvalue weighted by Crippen LogP contribution is 2.21. The van der Waals surface area contributed by atoms with E-state index in [9.17, 15) is 9.90 Å². The molecule has 144 valence electrons. The molecule has 0 aliphatic carbocycles. The van der Waals surface area contributed by atoms with Gasteiger partial charge in [0.2, 0.25) is 0 Å². The minimum absolute atomic E-state index is 0.0975. The van der Waals surface area contributed by atoms with Gasteiger partial charge in [0.05, 0.1) is 5.60 Å². The Balaban J connectivity index is 1.66. The number of aliphatic hydroxyl groups is 1. The Kier molecular flexibility index (Phi) is 5.85. The summed E-state index contributed by atoms with van der Waals surface area (Å²) < 4.78 is 0. The molecule has 3 rings (SSSR count). The lowest BCUT2D eigenvalue weighted by molar-refractivity contribution is 0.0674. The summed E-state index contributed by atoms with van der Waals surface area (Å²) in [7, 11) is 0. The lowest BCUT2D eigenvalue weighted by Gasteiger charge is -2.41. The van der Waals surface area contributed by atoms with Crippen LogP contribution in [0.4, 0.5) is 5.69 Å². The maximum atomic E-state index is 13.1. The highest BCUT2D eigenvalue weighted by Gasteiger charge is 2.28. The lowest BCUT2D eigenvalue weighted by atomic mass is 9.97. The van der Waals surface area contributed by atoms with Crippen LogP contribution in [0.3, 0.4) is 0 Å². The molecule has 1 aliphatic rings. The van der Waals surface area contributed by atoms with E-state index in [1.807, 2.05) is 49.1 Å². The molecule has 0 radical (unpaired) electrons. The molecule has 4 heteroatoms. The zero-order valence-corrected chi connectivity index (χ0v) is 16.6.